The maximum absolute atomic E-state index is 12.7. The summed E-state index contributed by atoms with van der Waals surface area (Å²) in [5.74, 6) is 0.0791. The molecule has 0 saturated carbocycles. The first-order valence-electron chi connectivity index (χ1n) is 10.6. The molecular weight excluding hydrogens is 472 g/mol. The average Bonchev–Trinajstić information content (AvgIpc) is 3.21. The molecule has 1 N–H and O–H groups in total. The van der Waals surface area contributed by atoms with E-state index in [-0.39, 0.29) is 23.4 Å². The SMILES string of the molecule is COc1ccc2c(c1OC)C(=O)OC2C/C(=N/Nc1ccc([N+](=O)[O-])cc1[N+](=O)[O-])c1ccccc1. The predicted molar refractivity (Wildman–Crippen MR) is 129 cm³/mol. The molecule has 3 aromatic carbocycles. The van der Waals surface area contributed by atoms with Crippen molar-refractivity contribution in [2.45, 2.75) is 12.5 Å². The third kappa shape index (κ3) is 4.64. The maximum Gasteiger partial charge on any atom is 0.343 e. The lowest BCUT2D eigenvalue weighted by Crippen LogP contribution is -2.11. The highest BCUT2D eigenvalue weighted by atomic mass is 16.6. The zero-order chi connectivity index (χ0) is 25.8. The Hall–Kier alpha value is -5.00. The summed E-state index contributed by atoms with van der Waals surface area (Å²) < 4.78 is 16.3. The van der Waals surface area contributed by atoms with Crippen molar-refractivity contribution in [3.63, 3.8) is 0 Å². The highest BCUT2D eigenvalue weighted by molar-refractivity contribution is 6.03. The summed E-state index contributed by atoms with van der Waals surface area (Å²) in [7, 11) is 2.89. The van der Waals surface area contributed by atoms with Crippen molar-refractivity contribution in [3.8, 4) is 11.5 Å². The Labute approximate surface area is 204 Å². The third-order valence-electron chi connectivity index (χ3n) is 5.56. The van der Waals surface area contributed by atoms with E-state index >= 15 is 0 Å². The minimum atomic E-state index is -0.734. The van der Waals surface area contributed by atoms with Gasteiger partial charge in [0.1, 0.15) is 17.4 Å². The van der Waals surface area contributed by atoms with E-state index in [1.165, 1.54) is 20.3 Å². The minimum absolute atomic E-state index is 0.0331. The van der Waals surface area contributed by atoms with Gasteiger partial charge in [-0.3, -0.25) is 25.7 Å². The molecular formula is C24H20N4O8. The van der Waals surface area contributed by atoms with E-state index in [4.69, 9.17) is 14.2 Å². The summed E-state index contributed by atoms with van der Waals surface area (Å²) in [5, 5.41) is 26.9. The van der Waals surface area contributed by atoms with Gasteiger partial charge in [0, 0.05) is 18.1 Å². The summed E-state index contributed by atoms with van der Waals surface area (Å²) in [6.45, 7) is 0. The topological polar surface area (TPSA) is 155 Å². The molecule has 4 rings (SSSR count). The molecule has 1 unspecified atom stereocenters. The Bertz CT molecular complexity index is 1370. The number of nitro benzene ring substituents is 2. The number of nitrogens with one attached hydrogen (secondary N) is 1. The lowest BCUT2D eigenvalue weighted by atomic mass is 9.97. The van der Waals surface area contributed by atoms with Crippen molar-refractivity contribution >= 4 is 28.7 Å². The van der Waals surface area contributed by atoms with Crippen molar-refractivity contribution in [1.29, 1.82) is 0 Å². The second-order valence-electron chi connectivity index (χ2n) is 7.62. The molecule has 12 nitrogen and oxygen atoms in total. The Morgan fingerprint density at radius 1 is 1.03 bits per heavy atom. The van der Waals surface area contributed by atoms with Gasteiger partial charge in [-0.25, -0.2) is 4.79 Å². The summed E-state index contributed by atoms with van der Waals surface area (Å²) in [6.07, 6.45) is -0.577. The number of hydrogen-bond donors (Lipinski definition) is 1. The lowest BCUT2D eigenvalue weighted by molar-refractivity contribution is -0.393. The number of carbonyl (C=O) groups excluding carboxylic acids is 1. The number of methoxy groups -OCH3 is 2. The lowest BCUT2D eigenvalue weighted by Gasteiger charge is -2.14. The van der Waals surface area contributed by atoms with Gasteiger partial charge >= 0.3 is 11.7 Å². The number of hydrazone groups is 1. The number of carbonyl (C=O) groups is 1. The van der Waals surface area contributed by atoms with Gasteiger partial charge < -0.3 is 14.2 Å². The molecule has 0 aromatic heterocycles. The zero-order valence-electron chi connectivity index (χ0n) is 19.2. The normalized spacial score (nSPS) is 14.6. The first-order valence-corrected chi connectivity index (χ1v) is 10.6. The fraction of sp³-hybridized carbons (Fsp3) is 0.167. The molecule has 36 heavy (non-hydrogen) atoms. The van der Waals surface area contributed by atoms with Crippen molar-refractivity contribution in [3.05, 3.63) is 97.6 Å². The smallest absolute Gasteiger partial charge is 0.343 e. The first-order chi connectivity index (χ1) is 17.3. The number of esters is 1. The number of benzene rings is 3. The van der Waals surface area contributed by atoms with Crippen LogP contribution < -0.4 is 14.9 Å². The molecule has 0 amide bonds. The van der Waals surface area contributed by atoms with Gasteiger partial charge in [-0.1, -0.05) is 36.4 Å². The molecule has 0 aliphatic carbocycles. The van der Waals surface area contributed by atoms with Crippen LogP contribution in [0.5, 0.6) is 11.5 Å². The second kappa shape index (κ2) is 10.1. The Kier molecular flexibility index (Phi) is 6.77. The van der Waals surface area contributed by atoms with Crippen LogP contribution >= 0.6 is 0 Å². The van der Waals surface area contributed by atoms with Gasteiger partial charge in [0.15, 0.2) is 11.5 Å². The average molecular weight is 492 g/mol. The number of anilines is 1. The van der Waals surface area contributed by atoms with Crippen molar-refractivity contribution in [2.75, 3.05) is 19.6 Å². The van der Waals surface area contributed by atoms with Gasteiger partial charge in [-0.05, 0) is 17.7 Å². The fourth-order valence-electron chi connectivity index (χ4n) is 3.87. The number of rotatable bonds is 9. The molecule has 0 saturated heterocycles. The van der Waals surface area contributed by atoms with Crippen molar-refractivity contribution < 1.29 is 28.9 Å². The van der Waals surface area contributed by atoms with E-state index in [1.54, 1.807) is 36.4 Å². The van der Waals surface area contributed by atoms with Crippen molar-refractivity contribution in [2.24, 2.45) is 5.10 Å². The molecule has 1 aliphatic heterocycles. The highest BCUT2D eigenvalue weighted by Gasteiger charge is 2.36. The molecule has 0 spiro atoms. The van der Waals surface area contributed by atoms with E-state index in [1.807, 2.05) is 6.07 Å². The van der Waals surface area contributed by atoms with E-state index in [2.05, 4.69) is 10.5 Å². The summed E-state index contributed by atoms with van der Waals surface area (Å²) in [4.78, 5) is 33.7. The zero-order valence-corrected chi connectivity index (χ0v) is 19.2. The molecule has 0 bridgehead atoms. The molecule has 0 fully saturated rings. The Balaban J connectivity index is 1.71. The van der Waals surface area contributed by atoms with Crippen LogP contribution in [0.4, 0.5) is 17.1 Å². The van der Waals surface area contributed by atoms with Crippen molar-refractivity contribution in [1.82, 2.24) is 0 Å². The number of fused-ring (bicyclic) bond motifs is 1. The Morgan fingerprint density at radius 3 is 2.42 bits per heavy atom. The maximum atomic E-state index is 12.7. The number of nitrogens with zero attached hydrogens (tertiary/aromatic N) is 3. The van der Waals surface area contributed by atoms with Crippen LogP contribution in [0, 0.1) is 20.2 Å². The van der Waals surface area contributed by atoms with Gasteiger partial charge in [-0.2, -0.15) is 5.10 Å². The minimum Gasteiger partial charge on any atom is -0.493 e. The number of non-ortho nitro benzene ring substituents is 1. The number of hydrogen-bond acceptors (Lipinski definition) is 10. The quantitative estimate of drug-likeness (QED) is 0.195. The van der Waals surface area contributed by atoms with E-state index in [0.29, 0.717) is 22.6 Å². The Morgan fingerprint density at radius 2 is 1.78 bits per heavy atom. The number of nitro groups is 2. The second-order valence-corrected chi connectivity index (χ2v) is 7.62. The van der Waals surface area contributed by atoms with Crippen LogP contribution in [0.25, 0.3) is 0 Å². The molecule has 0 radical (unpaired) electrons. The van der Waals surface area contributed by atoms with Crippen LogP contribution in [-0.2, 0) is 4.74 Å². The molecule has 1 heterocycles. The predicted octanol–water partition coefficient (Wildman–Crippen LogP) is 4.64. The molecule has 184 valence electrons. The van der Waals surface area contributed by atoms with Crippen LogP contribution in [0.2, 0.25) is 0 Å². The molecule has 12 heteroatoms. The van der Waals surface area contributed by atoms with E-state index in [0.717, 1.165) is 12.1 Å². The fourth-order valence-corrected chi connectivity index (χ4v) is 3.87. The largest absolute Gasteiger partial charge is 0.493 e. The van der Waals surface area contributed by atoms with Crippen LogP contribution in [0.1, 0.15) is 34.0 Å². The first kappa shape index (κ1) is 24.1. The highest BCUT2D eigenvalue weighted by Crippen LogP contribution is 2.43. The monoisotopic (exact) mass is 492 g/mol. The molecule has 1 atom stereocenters. The van der Waals surface area contributed by atoms with Gasteiger partial charge in [-0.15, -0.1) is 0 Å². The van der Waals surface area contributed by atoms with Gasteiger partial charge in [0.2, 0.25) is 0 Å². The van der Waals surface area contributed by atoms with Crippen LogP contribution in [0.3, 0.4) is 0 Å². The van der Waals surface area contributed by atoms with Crippen LogP contribution in [-0.4, -0.2) is 35.7 Å². The van der Waals surface area contributed by atoms with Gasteiger partial charge in [0.25, 0.3) is 5.69 Å². The van der Waals surface area contributed by atoms with E-state index in [9.17, 15) is 25.0 Å². The number of ether oxygens (including phenoxy) is 3. The van der Waals surface area contributed by atoms with E-state index < -0.39 is 33.3 Å². The van der Waals surface area contributed by atoms with Gasteiger partial charge in [0.05, 0.1) is 35.8 Å². The molecule has 1 aliphatic rings. The summed E-state index contributed by atoms with van der Waals surface area (Å²) in [6, 6.07) is 15.6. The third-order valence-corrected chi connectivity index (χ3v) is 5.56. The summed E-state index contributed by atoms with van der Waals surface area (Å²) >= 11 is 0. The summed E-state index contributed by atoms with van der Waals surface area (Å²) in [5.41, 5.74) is 3.65. The number of cyclic esters (lactones) is 1. The van der Waals surface area contributed by atoms with Crippen LogP contribution in [0.15, 0.2) is 65.8 Å². The molecule has 3 aromatic rings. The standard InChI is InChI=1S/C24H20N4O8/c1-34-20-11-9-16-21(36-24(29)22(16)23(20)35-2)13-18(14-6-4-3-5-7-14)26-25-17-10-8-15(27(30)31)12-19(17)28(32)33/h3-12,21,25H,13H2,1-2H3/b26-18-.